The summed E-state index contributed by atoms with van der Waals surface area (Å²) < 4.78 is 0. The first kappa shape index (κ1) is 26.3. The molecular formula is C26H30N6O4. The maximum atomic E-state index is 13.2. The molecular weight excluding hydrogens is 460 g/mol. The van der Waals surface area contributed by atoms with Gasteiger partial charge in [0.2, 0.25) is 23.6 Å². The average Bonchev–Trinajstić information content (AvgIpc) is 2.91. The Labute approximate surface area is 209 Å². The van der Waals surface area contributed by atoms with Crippen LogP contribution in [0.2, 0.25) is 0 Å². The number of nitrogens with zero attached hydrogens (tertiary/aromatic N) is 3. The molecule has 0 radical (unpaired) electrons. The summed E-state index contributed by atoms with van der Waals surface area (Å²) in [5.74, 6) is -3.20. The maximum absolute atomic E-state index is 13.2. The number of nitriles is 1. The summed E-state index contributed by atoms with van der Waals surface area (Å²) in [5, 5.41) is 14.1. The van der Waals surface area contributed by atoms with Crippen LogP contribution in [0, 0.1) is 17.2 Å². The van der Waals surface area contributed by atoms with Crippen LogP contribution < -0.4 is 16.4 Å². The lowest BCUT2D eigenvalue weighted by Gasteiger charge is -2.30. The Kier molecular flexibility index (Phi) is 9.51. The highest BCUT2D eigenvalue weighted by Gasteiger charge is 2.32. The molecule has 4 amide bonds. The number of hydrogen-bond acceptors (Lipinski definition) is 6. The van der Waals surface area contributed by atoms with Crippen molar-refractivity contribution >= 4 is 23.6 Å². The number of likely N-dealkylation sites (tertiary alicyclic amines) is 1. The van der Waals surface area contributed by atoms with Crippen molar-refractivity contribution in [3.8, 4) is 6.07 Å². The van der Waals surface area contributed by atoms with Gasteiger partial charge in [-0.1, -0.05) is 18.2 Å². The van der Waals surface area contributed by atoms with Crippen LogP contribution in [0.5, 0.6) is 0 Å². The fourth-order valence-corrected chi connectivity index (χ4v) is 4.09. The number of primary amides is 1. The number of hydrogen-bond donors (Lipinski definition) is 3. The van der Waals surface area contributed by atoms with Gasteiger partial charge in [-0.15, -0.1) is 0 Å². The molecule has 10 nitrogen and oxygen atoms in total. The highest BCUT2D eigenvalue weighted by atomic mass is 16.2. The molecule has 1 aromatic carbocycles. The van der Waals surface area contributed by atoms with Gasteiger partial charge in [-0.05, 0) is 55.0 Å². The fourth-order valence-electron chi connectivity index (χ4n) is 4.09. The number of rotatable bonds is 10. The van der Waals surface area contributed by atoms with Crippen LogP contribution in [0.1, 0.15) is 36.0 Å². The summed E-state index contributed by atoms with van der Waals surface area (Å²) in [5.41, 5.74) is 7.37. The second-order valence-corrected chi connectivity index (χ2v) is 8.76. The summed E-state index contributed by atoms with van der Waals surface area (Å²) >= 11 is 0. The first-order chi connectivity index (χ1) is 17.4. The molecule has 0 aliphatic carbocycles. The Bertz CT molecular complexity index is 1110. The quantitative estimate of drug-likeness (QED) is 0.410. The Balaban J connectivity index is 1.64. The minimum atomic E-state index is -1.02. The topological polar surface area (TPSA) is 158 Å². The summed E-state index contributed by atoms with van der Waals surface area (Å²) in [6.07, 6.45) is 6.27. The smallest absolute Gasteiger partial charge is 0.240 e. The molecule has 2 atom stereocenters. The van der Waals surface area contributed by atoms with Crippen molar-refractivity contribution < 1.29 is 19.2 Å². The van der Waals surface area contributed by atoms with E-state index in [1.54, 1.807) is 53.7 Å². The lowest BCUT2D eigenvalue weighted by atomic mass is 9.95. The zero-order valence-corrected chi connectivity index (χ0v) is 20.0. The second kappa shape index (κ2) is 13.0. The van der Waals surface area contributed by atoms with E-state index in [0.717, 1.165) is 30.4 Å². The van der Waals surface area contributed by atoms with Gasteiger partial charge in [0, 0.05) is 31.9 Å². The van der Waals surface area contributed by atoms with Gasteiger partial charge in [-0.2, -0.15) is 5.26 Å². The molecule has 1 aliphatic rings. The van der Waals surface area contributed by atoms with Crippen molar-refractivity contribution in [3.63, 3.8) is 0 Å². The number of piperidine rings is 1. The number of nitrogens with one attached hydrogen (secondary N) is 2. The number of pyridine rings is 1. The molecule has 188 valence electrons. The van der Waals surface area contributed by atoms with Crippen LogP contribution in [-0.2, 0) is 32.0 Å². The largest absolute Gasteiger partial charge is 0.368 e. The number of benzene rings is 1. The van der Waals surface area contributed by atoms with Gasteiger partial charge in [0.05, 0.1) is 18.2 Å². The Hall–Kier alpha value is -4.26. The third-order valence-corrected chi connectivity index (χ3v) is 6.07. The molecule has 0 saturated carbocycles. The van der Waals surface area contributed by atoms with E-state index in [1.807, 2.05) is 6.07 Å². The average molecular weight is 491 g/mol. The molecule has 2 unspecified atom stereocenters. The molecule has 2 aromatic rings. The lowest BCUT2D eigenvalue weighted by Crippen LogP contribution is -2.51. The minimum absolute atomic E-state index is 0.138. The Morgan fingerprint density at radius 2 is 1.75 bits per heavy atom. The van der Waals surface area contributed by atoms with Crippen LogP contribution in [-0.4, -0.2) is 59.2 Å². The van der Waals surface area contributed by atoms with E-state index in [4.69, 9.17) is 11.0 Å². The van der Waals surface area contributed by atoms with Crippen LogP contribution >= 0.6 is 0 Å². The predicted molar refractivity (Wildman–Crippen MR) is 131 cm³/mol. The van der Waals surface area contributed by atoms with Gasteiger partial charge < -0.3 is 21.3 Å². The van der Waals surface area contributed by atoms with E-state index in [9.17, 15) is 19.2 Å². The van der Waals surface area contributed by atoms with Crippen molar-refractivity contribution in [2.24, 2.45) is 11.7 Å². The van der Waals surface area contributed by atoms with E-state index >= 15 is 0 Å². The summed E-state index contributed by atoms with van der Waals surface area (Å²) in [4.78, 5) is 56.3. The van der Waals surface area contributed by atoms with E-state index in [1.165, 1.54) is 0 Å². The normalized spacial score (nSPS) is 14.7. The molecule has 36 heavy (non-hydrogen) atoms. The number of nitrogens with two attached hydrogens (primary N) is 1. The van der Waals surface area contributed by atoms with E-state index in [-0.39, 0.29) is 18.7 Å². The van der Waals surface area contributed by atoms with Crippen molar-refractivity contribution in [2.75, 3.05) is 19.6 Å². The van der Waals surface area contributed by atoms with Crippen molar-refractivity contribution in [1.29, 1.82) is 5.26 Å². The van der Waals surface area contributed by atoms with E-state index < -0.39 is 36.2 Å². The molecule has 0 bridgehead atoms. The summed E-state index contributed by atoms with van der Waals surface area (Å²) in [7, 11) is 0. The monoisotopic (exact) mass is 490 g/mol. The highest BCUT2D eigenvalue weighted by molar-refractivity contribution is 6.01. The van der Waals surface area contributed by atoms with Crippen LogP contribution in [0.3, 0.4) is 0 Å². The third kappa shape index (κ3) is 7.63. The molecule has 2 heterocycles. The van der Waals surface area contributed by atoms with Crippen LogP contribution in [0.25, 0.3) is 0 Å². The molecule has 1 fully saturated rings. The number of amides is 4. The van der Waals surface area contributed by atoms with Gasteiger partial charge in [0.1, 0.15) is 12.0 Å². The highest BCUT2D eigenvalue weighted by Crippen LogP contribution is 2.17. The van der Waals surface area contributed by atoms with Gasteiger partial charge in [-0.25, -0.2) is 0 Å². The summed E-state index contributed by atoms with van der Waals surface area (Å²) in [6, 6.07) is 11.2. The number of carbonyl (C=O) groups excluding carboxylic acids is 4. The molecule has 4 N–H and O–H groups in total. The number of carbonyl (C=O) groups is 4. The SMILES string of the molecule is N#Cc1ccc(CC(C(=O)NCC(=O)NC(Cc2cccnc2)C(N)=O)C(=O)N2CCCCC2)cc1. The van der Waals surface area contributed by atoms with Gasteiger partial charge in [0.15, 0.2) is 0 Å². The zero-order chi connectivity index (χ0) is 25.9. The molecule has 3 rings (SSSR count). The first-order valence-electron chi connectivity index (χ1n) is 11.9. The van der Waals surface area contributed by atoms with Crippen molar-refractivity contribution in [3.05, 3.63) is 65.5 Å². The molecule has 1 saturated heterocycles. The molecule has 1 aromatic heterocycles. The van der Waals surface area contributed by atoms with Gasteiger partial charge in [-0.3, -0.25) is 24.2 Å². The Morgan fingerprint density at radius 3 is 2.36 bits per heavy atom. The number of aromatic nitrogens is 1. The molecule has 10 heteroatoms. The lowest BCUT2D eigenvalue weighted by molar-refractivity contribution is -0.143. The van der Waals surface area contributed by atoms with Crippen molar-refractivity contribution in [2.45, 2.75) is 38.1 Å². The standard InChI is InChI=1S/C26H30N6O4/c27-15-19-8-6-18(7-9-19)13-21(26(36)32-11-2-1-3-12-32)25(35)30-17-23(33)31-22(24(28)34)14-20-5-4-10-29-16-20/h4-10,16,21-22H,1-3,11-14,17H2,(H2,28,34)(H,30,35)(H,31,33). The molecule has 0 spiro atoms. The minimum Gasteiger partial charge on any atom is -0.368 e. The van der Waals surface area contributed by atoms with Crippen molar-refractivity contribution in [1.82, 2.24) is 20.5 Å². The van der Waals surface area contributed by atoms with Gasteiger partial charge >= 0.3 is 0 Å². The Morgan fingerprint density at radius 1 is 1.03 bits per heavy atom. The molecule has 1 aliphatic heterocycles. The van der Waals surface area contributed by atoms with Gasteiger partial charge in [0.25, 0.3) is 0 Å². The van der Waals surface area contributed by atoms with E-state index in [2.05, 4.69) is 15.6 Å². The summed E-state index contributed by atoms with van der Waals surface area (Å²) in [6.45, 7) is 0.767. The second-order valence-electron chi connectivity index (χ2n) is 8.76. The maximum Gasteiger partial charge on any atom is 0.240 e. The third-order valence-electron chi connectivity index (χ3n) is 6.07. The fraction of sp³-hybridized carbons (Fsp3) is 0.385. The predicted octanol–water partition coefficient (Wildman–Crippen LogP) is 0.453. The first-order valence-corrected chi connectivity index (χ1v) is 11.9. The van der Waals surface area contributed by atoms with Crippen LogP contribution in [0.4, 0.5) is 0 Å². The van der Waals surface area contributed by atoms with Crippen LogP contribution in [0.15, 0.2) is 48.8 Å². The van der Waals surface area contributed by atoms with E-state index in [0.29, 0.717) is 18.7 Å². The zero-order valence-electron chi connectivity index (χ0n) is 20.0.